The largest absolute Gasteiger partial charge is 0.461 e. The van der Waals surface area contributed by atoms with Gasteiger partial charge in [0.1, 0.15) is 12.1 Å². The molecule has 0 aliphatic heterocycles. The molecule has 0 aliphatic rings. The molecule has 0 radical (unpaired) electrons. The van der Waals surface area contributed by atoms with Gasteiger partial charge in [0.15, 0.2) is 0 Å². The predicted molar refractivity (Wildman–Crippen MR) is 123 cm³/mol. The quantitative estimate of drug-likeness (QED) is 0.105. The maximum Gasteiger partial charge on any atom is 0.328 e. The van der Waals surface area contributed by atoms with Gasteiger partial charge in [-0.1, -0.05) is 90.7 Å². The van der Waals surface area contributed by atoms with Crippen LogP contribution in [0.1, 0.15) is 118 Å². The number of amides is 1. The molecule has 0 aromatic carbocycles. The third-order valence-corrected chi connectivity index (χ3v) is 5.30. The Labute approximate surface area is 180 Å². The lowest BCUT2D eigenvalue weighted by molar-refractivity contribution is -0.152. The Kier molecular flexibility index (Phi) is 19.1. The smallest absolute Gasteiger partial charge is 0.328 e. The molecule has 0 bridgehead atoms. The molecule has 0 heterocycles. The zero-order valence-corrected chi connectivity index (χ0v) is 19.6. The molecule has 2 atom stereocenters. The number of carbonyl (C=O) groups excluding carboxylic acids is 2. The molecule has 0 saturated carbocycles. The van der Waals surface area contributed by atoms with Crippen molar-refractivity contribution in [3.8, 4) is 0 Å². The maximum absolute atomic E-state index is 12.1. The first kappa shape index (κ1) is 27.7. The van der Waals surface area contributed by atoms with Crippen LogP contribution in [0.4, 0.5) is 0 Å². The van der Waals surface area contributed by atoms with E-state index in [1.807, 2.05) is 0 Å². The standard InChI is InChI=1S/C25H47NO3/c1-5-6-7-12-16-19-24(29-25(28)23(4)26-21-27)20-17-14-11-9-8-10-13-15-18-22(2)3/h14,17,21-24H,5-13,15-16,18-20H2,1-4H3,(H,26,27)/b17-14+/t23-,24-/m0/s1. The second-order valence-electron chi connectivity index (χ2n) is 8.71. The van der Waals surface area contributed by atoms with E-state index in [4.69, 9.17) is 4.74 Å². The lowest BCUT2D eigenvalue weighted by Gasteiger charge is -2.19. The molecule has 0 spiro atoms. The van der Waals surface area contributed by atoms with Gasteiger partial charge in [-0.3, -0.25) is 4.79 Å². The molecule has 1 N–H and O–H groups in total. The zero-order valence-electron chi connectivity index (χ0n) is 19.6. The van der Waals surface area contributed by atoms with Gasteiger partial charge in [0.2, 0.25) is 6.41 Å². The van der Waals surface area contributed by atoms with Gasteiger partial charge < -0.3 is 10.1 Å². The van der Waals surface area contributed by atoms with E-state index >= 15 is 0 Å². The van der Waals surface area contributed by atoms with Crippen LogP contribution in [0.15, 0.2) is 12.2 Å². The summed E-state index contributed by atoms with van der Waals surface area (Å²) in [7, 11) is 0. The number of unbranched alkanes of at least 4 members (excludes halogenated alkanes) is 9. The summed E-state index contributed by atoms with van der Waals surface area (Å²) in [5, 5.41) is 2.47. The van der Waals surface area contributed by atoms with E-state index in [0.29, 0.717) is 6.41 Å². The van der Waals surface area contributed by atoms with Crippen molar-refractivity contribution in [3.63, 3.8) is 0 Å². The maximum atomic E-state index is 12.1. The topological polar surface area (TPSA) is 55.4 Å². The number of hydrogen-bond donors (Lipinski definition) is 1. The highest BCUT2D eigenvalue weighted by Crippen LogP contribution is 2.15. The van der Waals surface area contributed by atoms with Crippen LogP contribution in [-0.2, 0) is 14.3 Å². The van der Waals surface area contributed by atoms with Crippen LogP contribution in [0.2, 0.25) is 0 Å². The number of nitrogens with one attached hydrogen (secondary N) is 1. The van der Waals surface area contributed by atoms with Crippen molar-refractivity contribution in [2.24, 2.45) is 5.92 Å². The van der Waals surface area contributed by atoms with Crippen LogP contribution in [0.3, 0.4) is 0 Å². The molecular formula is C25H47NO3. The number of allylic oxidation sites excluding steroid dienone is 1. The van der Waals surface area contributed by atoms with Crippen molar-refractivity contribution < 1.29 is 14.3 Å². The zero-order chi connectivity index (χ0) is 21.7. The van der Waals surface area contributed by atoms with Crippen molar-refractivity contribution in [1.29, 1.82) is 0 Å². The second-order valence-corrected chi connectivity index (χ2v) is 8.71. The van der Waals surface area contributed by atoms with Gasteiger partial charge in [0.25, 0.3) is 0 Å². The number of carbonyl (C=O) groups is 2. The average Bonchev–Trinajstić information content (AvgIpc) is 2.68. The summed E-state index contributed by atoms with van der Waals surface area (Å²) >= 11 is 0. The fourth-order valence-corrected chi connectivity index (χ4v) is 3.35. The Morgan fingerprint density at radius 3 is 2.14 bits per heavy atom. The van der Waals surface area contributed by atoms with Crippen LogP contribution in [0.5, 0.6) is 0 Å². The van der Waals surface area contributed by atoms with Crippen LogP contribution in [-0.4, -0.2) is 24.5 Å². The van der Waals surface area contributed by atoms with E-state index < -0.39 is 6.04 Å². The van der Waals surface area contributed by atoms with Crippen molar-refractivity contribution in [2.75, 3.05) is 0 Å². The Bertz CT molecular complexity index is 420. The molecule has 0 aromatic heterocycles. The molecule has 29 heavy (non-hydrogen) atoms. The monoisotopic (exact) mass is 409 g/mol. The predicted octanol–water partition coefficient (Wildman–Crippen LogP) is 6.73. The van der Waals surface area contributed by atoms with Crippen molar-refractivity contribution in [2.45, 2.75) is 130 Å². The summed E-state index contributed by atoms with van der Waals surface area (Å²) in [6, 6.07) is -0.588. The van der Waals surface area contributed by atoms with Gasteiger partial charge >= 0.3 is 5.97 Å². The van der Waals surface area contributed by atoms with Gasteiger partial charge in [-0.25, -0.2) is 4.79 Å². The fourth-order valence-electron chi connectivity index (χ4n) is 3.35. The summed E-state index contributed by atoms with van der Waals surface area (Å²) in [5.74, 6) is 0.481. The minimum absolute atomic E-state index is 0.0905. The molecule has 4 heteroatoms. The summed E-state index contributed by atoms with van der Waals surface area (Å²) < 4.78 is 5.65. The minimum atomic E-state index is -0.588. The Balaban J connectivity index is 4.11. The minimum Gasteiger partial charge on any atom is -0.461 e. The van der Waals surface area contributed by atoms with Crippen LogP contribution >= 0.6 is 0 Å². The molecule has 0 saturated heterocycles. The van der Waals surface area contributed by atoms with Crippen LogP contribution < -0.4 is 5.32 Å². The molecule has 170 valence electrons. The molecule has 1 amide bonds. The third kappa shape index (κ3) is 18.4. The highest BCUT2D eigenvalue weighted by Gasteiger charge is 2.18. The van der Waals surface area contributed by atoms with E-state index in [9.17, 15) is 9.59 Å². The summed E-state index contributed by atoms with van der Waals surface area (Å²) in [6.07, 6.45) is 21.6. The first-order valence-electron chi connectivity index (χ1n) is 12.1. The molecule has 4 nitrogen and oxygen atoms in total. The Morgan fingerprint density at radius 1 is 0.862 bits per heavy atom. The highest BCUT2D eigenvalue weighted by atomic mass is 16.5. The summed E-state index contributed by atoms with van der Waals surface area (Å²) in [6.45, 7) is 8.45. The van der Waals surface area contributed by atoms with Crippen LogP contribution in [0.25, 0.3) is 0 Å². The summed E-state index contributed by atoms with van der Waals surface area (Å²) in [4.78, 5) is 22.6. The van der Waals surface area contributed by atoms with Gasteiger partial charge in [0, 0.05) is 6.42 Å². The summed E-state index contributed by atoms with van der Waals surface area (Å²) in [5.41, 5.74) is 0. The molecular weight excluding hydrogens is 362 g/mol. The van der Waals surface area contributed by atoms with Gasteiger partial charge in [0.05, 0.1) is 0 Å². The molecule has 0 aliphatic carbocycles. The lowest BCUT2D eigenvalue weighted by atomic mass is 10.0. The number of rotatable bonds is 20. The average molecular weight is 410 g/mol. The van der Waals surface area contributed by atoms with E-state index in [2.05, 4.69) is 38.2 Å². The van der Waals surface area contributed by atoms with Gasteiger partial charge in [-0.15, -0.1) is 0 Å². The first-order chi connectivity index (χ1) is 14.0. The SMILES string of the molecule is CCCCCCC[C@@H](C/C=C/CCCCCCCC(C)C)OC(=O)[C@H](C)NC=O. The Hall–Kier alpha value is -1.32. The lowest BCUT2D eigenvalue weighted by Crippen LogP contribution is -2.36. The molecule has 0 unspecified atom stereocenters. The number of hydrogen-bond acceptors (Lipinski definition) is 3. The van der Waals surface area contributed by atoms with Crippen LogP contribution in [0, 0.1) is 5.92 Å². The van der Waals surface area contributed by atoms with Crippen molar-refractivity contribution in [3.05, 3.63) is 12.2 Å². The van der Waals surface area contributed by atoms with Gasteiger partial charge in [-0.2, -0.15) is 0 Å². The van der Waals surface area contributed by atoms with Crippen molar-refractivity contribution >= 4 is 12.4 Å². The molecule has 0 aromatic rings. The molecule has 0 fully saturated rings. The Morgan fingerprint density at radius 2 is 1.48 bits per heavy atom. The second kappa shape index (κ2) is 20.0. The normalized spacial score (nSPS) is 13.6. The van der Waals surface area contributed by atoms with Crippen molar-refractivity contribution in [1.82, 2.24) is 5.32 Å². The first-order valence-corrected chi connectivity index (χ1v) is 12.1. The highest BCUT2D eigenvalue weighted by molar-refractivity contribution is 5.77. The fraction of sp³-hybridized carbons (Fsp3) is 0.840. The van der Waals surface area contributed by atoms with E-state index in [1.54, 1.807) is 6.92 Å². The van der Waals surface area contributed by atoms with E-state index in [0.717, 1.165) is 31.6 Å². The number of ether oxygens (including phenoxy) is 1. The van der Waals surface area contributed by atoms with E-state index in [-0.39, 0.29) is 12.1 Å². The van der Waals surface area contributed by atoms with Gasteiger partial charge in [-0.05, 0) is 38.5 Å². The third-order valence-electron chi connectivity index (χ3n) is 5.30. The van der Waals surface area contributed by atoms with E-state index in [1.165, 1.54) is 64.2 Å². The molecule has 0 rings (SSSR count). The number of esters is 1.